The number of rotatable bonds is 2. The Kier molecular flexibility index (Phi) is 2.83. The van der Waals surface area contributed by atoms with E-state index >= 15 is 0 Å². The van der Waals surface area contributed by atoms with Crippen LogP contribution < -0.4 is 0 Å². The molecule has 102 valence electrons. The summed E-state index contributed by atoms with van der Waals surface area (Å²) in [5, 5.41) is 11.1. The van der Waals surface area contributed by atoms with Gasteiger partial charge in [0.25, 0.3) is 0 Å². The van der Waals surface area contributed by atoms with E-state index in [1.807, 2.05) is 37.3 Å². The molecule has 0 amide bonds. The summed E-state index contributed by atoms with van der Waals surface area (Å²) in [7, 11) is 0. The molecule has 0 fully saturated rings. The molecule has 2 heterocycles. The Bertz CT molecular complexity index is 769. The molecule has 2 aromatic heterocycles. The Morgan fingerprint density at radius 1 is 1.15 bits per heavy atom. The fourth-order valence-electron chi connectivity index (χ4n) is 2.16. The summed E-state index contributed by atoms with van der Waals surface area (Å²) >= 11 is 0. The molecule has 0 unspecified atom stereocenters. The molecule has 4 nitrogen and oxygen atoms in total. The summed E-state index contributed by atoms with van der Waals surface area (Å²) < 4.78 is 5.55. The second-order valence-electron chi connectivity index (χ2n) is 5.42. The van der Waals surface area contributed by atoms with Crippen molar-refractivity contribution in [3.63, 3.8) is 0 Å². The third-order valence-electron chi connectivity index (χ3n) is 3.16. The number of furan rings is 1. The number of para-hydroxylation sites is 1. The van der Waals surface area contributed by atoms with Gasteiger partial charge in [0.15, 0.2) is 5.82 Å². The molecule has 4 heteroatoms. The average Bonchev–Trinajstić information content (AvgIpc) is 2.80. The molecule has 0 radical (unpaired) electrons. The maximum Gasteiger partial charge on any atom is 0.160 e. The highest BCUT2D eigenvalue weighted by Gasteiger charge is 2.21. The Balaban J connectivity index is 2.22. The summed E-state index contributed by atoms with van der Waals surface area (Å²) in [5.41, 5.74) is 2.25. The van der Waals surface area contributed by atoms with Gasteiger partial charge in [-0.15, -0.1) is 0 Å². The molecule has 1 aromatic carbocycles. The summed E-state index contributed by atoms with van der Waals surface area (Å²) in [4.78, 5) is 8.78. The number of hydrogen-bond donors (Lipinski definition) is 1. The zero-order valence-electron chi connectivity index (χ0n) is 11.7. The highest BCUT2D eigenvalue weighted by atomic mass is 16.3. The number of aromatic nitrogens is 2. The lowest BCUT2D eigenvalue weighted by atomic mass is 10.1. The Morgan fingerprint density at radius 3 is 2.65 bits per heavy atom. The van der Waals surface area contributed by atoms with E-state index in [-0.39, 0.29) is 0 Å². The summed E-state index contributed by atoms with van der Waals surface area (Å²) in [6, 6.07) is 9.71. The summed E-state index contributed by atoms with van der Waals surface area (Å²) in [6.07, 6.45) is 1.70. The predicted molar refractivity (Wildman–Crippen MR) is 77.2 cm³/mol. The number of fused-ring (bicyclic) bond motifs is 1. The number of benzene rings is 1. The molecule has 0 aliphatic carbocycles. The molecule has 20 heavy (non-hydrogen) atoms. The first-order valence-electron chi connectivity index (χ1n) is 6.50. The Morgan fingerprint density at radius 2 is 1.90 bits per heavy atom. The van der Waals surface area contributed by atoms with Gasteiger partial charge in [-0.1, -0.05) is 18.2 Å². The normalized spacial score (nSPS) is 12.0. The minimum absolute atomic E-state index is 0.415. The van der Waals surface area contributed by atoms with E-state index in [1.54, 1.807) is 20.1 Å². The molecular weight excluding hydrogens is 252 g/mol. The van der Waals surface area contributed by atoms with Gasteiger partial charge < -0.3 is 9.52 Å². The lowest BCUT2D eigenvalue weighted by Crippen LogP contribution is -2.20. The zero-order chi connectivity index (χ0) is 14.3. The predicted octanol–water partition coefficient (Wildman–Crippen LogP) is 3.43. The molecule has 0 saturated heterocycles. The molecule has 3 aromatic rings. The van der Waals surface area contributed by atoms with E-state index in [2.05, 4.69) is 9.97 Å². The first-order valence-corrected chi connectivity index (χ1v) is 6.50. The van der Waals surface area contributed by atoms with Crippen LogP contribution in [0.5, 0.6) is 0 Å². The molecule has 0 aliphatic heterocycles. The van der Waals surface area contributed by atoms with Crippen LogP contribution >= 0.6 is 0 Å². The van der Waals surface area contributed by atoms with E-state index in [0.29, 0.717) is 5.82 Å². The Labute approximate surface area is 117 Å². The van der Waals surface area contributed by atoms with Crippen LogP contribution in [-0.2, 0) is 5.60 Å². The average molecular weight is 268 g/mol. The molecule has 0 saturated carbocycles. The van der Waals surface area contributed by atoms with Crippen molar-refractivity contribution >= 4 is 11.0 Å². The SMILES string of the molecule is Cc1cc(-c2coc3ccccc23)nc(C(C)(C)O)n1. The molecule has 0 atom stereocenters. The van der Waals surface area contributed by atoms with Gasteiger partial charge in [0.1, 0.15) is 17.4 Å². The van der Waals surface area contributed by atoms with Gasteiger partial charge in [-0.3, -0.25) is 0 Å². The van der Waals surface area contributed by atoms with Crippen LogP contribution in [0.15, 0.2) is 41.0 Å². The van der Waals surface area contributed by atoms with Crippen molar-refractivity contribution in [1.29, 1.82) is 0 Å². The van der Waals surface area contributed by atoms with Crippen molar-refractivity contribution in [2.24, 2.45) is 0 Å². The first kappa shape index (κ1) is 12.8. The van der Waals surface area contributed by atoms with E-state index in [0.717, 1.165) is 27.9 Å². The minimum Gasteiger partial charge on any atom is -0.464 e. The van der Waals surface area contributed by atoms with Gasteiger partial charge in [0.2, 0.25) is 0 Å². The van der Waals surface area contributed by atoms with Crippen molar-refractivity contribution in [2.45, 2.75) is 26.4 Å². The number of nitrogens with zero attached hydrogens (tertiary/aromatic N) is 2. The monoisotopic (exact) mass is 268 g/mol. The largest absolute Gasteiger partial charge is 0.464 e. The first-order chi connectivity index (χ1) is 9.45. The van der Waals surface area contributed by atoms with Gasteiger partial charge in [-0.25, -0.2) is 9.97 Å². The van der Waals surface area contributed by atoms with Crippen LogP contribution in [0.25, 0.3) is 22.2 Å². The van der Waals surface area contributed by atoms with Crippen LogP contribution in [0.4, 0.5) is 0 Å². The fraction of sp³-hybridized carbons (Fsp3) is 0.250. The molecular formula is C16H16N2O2. The minimum atomic E-state index is -1.07. The molecule has 0 spiro atoms. The Hall–Kier alpha value is -2.20. The van der Waals surface area contributed by atoms with Gasteiger partial charge >= 0.3 is 0 Å². The maximum atomic E-state index is 10.1. The third kappa shape index (κ3) is 2.18. The van der Waals surface area contributed by atoms with E-state index in [4.69, 9.17) is 4.42 Å². The smallest absolute Gasteiger partial charge is 0.160 e. The molecule has 1 N–H and O–H groups in total. The number of aliphatic hydroxyl groups is 1. The van der Waals surface area contributed by atoms with Crippen molar-refractivity contribution in [1.82, 2.24) is 9.97 Å². The van der Waals surface area contributed by atoms with Gasteiger partial charge in [-0.2, -0.15) is 0 Å². The summed E-state index contributed by atoms with van der Waals surface area (Å²) in [5.74, 6) is 0.415. The quantitative estimate of drug-likeness (QED) is 0.773. The van der Waals surface area contributed by atoms with Gasteiger partial charge in [0.05, 0.1) is 5.69 Å². The maximum absolute atomic E-state index is 10.1. The van der Waals surface area contributed by atoms with Crippen LogP contribution in [0.1, 0.15) is 25.4 Å². The van der Waals surface area contributed by atoms with Gasteiger partial charge in [0, 0.05) is 16.6 Å². The van der Waals surface area contributed by atoms with Crippen molar-refractivity contribution < 1.29 is 9.52 Å². The third-order valence-corrected chi connectivity index (χ3v) is 3.16. The topological polar surface area (TPSA) is 59.2 Å². The van der Waals surface area contributed by atoms with Gasteiger partial charge in [-0.05, 0) is 32.9 Å². The van der Waals surface area contributed by atoms with Crippen LogP contribution in [0.3, 0.4) is 0 Å². The lowest BCUT2D eigenvalue weighted by molar-refractivity contribution is 0.0686. The lowest BCUT2D eigenvalue weighted by Gasteiger charge is -2.16. The summed E-state index contributed by atoms with van der Waals surface area (Å²) in [6.45, 7) is 5.25. The van der Waals surface area contributed by atoms with Crippen molar-refractivity contribution in [2.75, 3.05) is 0 Å². The molecule has 0 aliphatic rings. The van der Waals surface area contributed by atoms with E-state index in [9.17, 15) is 5.11 Å². The highest BCUT2D eigenvalue weighted by Crippen LogP contribution is 2.30. The molecule has 0 bridgehead atoms. The highest BCUT2D eigenvalue weighted by molar-refractivity contribution is 5.92. The second kappa shape index (κ2) is 4.42. The molecule has 3 rings (SSSR count). The number of aryl methyl sites for hydroxylation is 1. The van der Waals surface area contributed by atoms with E-state index < -0.39 is 5.60 Å². The van der Waals surface area contributed by atoms with Crippen LogP contribution in [0, 0.1) is 6.92 Å². The van der Waals surface area contributed by atoms with Crippen LogP contribution in [-0.4, -0.2) is 15.1 Å². The second-order valence-corrected chi connectivity index (χ2v) is 5.42. The van der Waals surface area contributed by atoms with Crippen molar-refractivity contribution in [3.05, 3.63) is 48.1 Å². The number of hydrogen-bond acceptors (Lipinski definition) is 4. The van der Waals surface area contributed by atoms with Crippen LogP contribution in [0.2, 0.25) is 0 Å². The van der Waals surface area contributed by atoms with E-state index in [1.165, 1.54) is 0 Å². The standard InChI is InChI=1S/C16H16N2O2/c1-10-8-13(18-15(17-10)16(2,3)19)12-9-20-14-7-5-4-6-11(12)14/h4-9,19H,1-3H3. The zero-order valence-corrected chi connectivity index (χ0v) is 11.7. The fourth-order valence-corrected chi connectivity index (χ4v) is 2.16. The van der Waals surface area contributed by atoms with Crippen molar-refractivity contribution in [3.8, 4) is 11.3 Å².